The molecule has 0 spiro atoms. The largest absolute Gasteiger partial charge is 0.370 e. The van der Waals surface area contributed by atoms with E-state index in [0.717, 1.165) is 27.6 Å². The third-order valence-electron chi connectivity index (χ3n) is 3.15. The predicted molar refractivity (Wildman–Crippen MR) is 78.8 cm³/mol. The molecule has 0 saturated heterocycles. The molecular weight excluding hydrogens is 292 g/mol. The van der Waals surface area contributed by atoms with E-state index in [2.05, 4.69) is 44.8 Å². The Morgan fingerprint density at radius 1 is 1.44 bits per heavy atom. The highest BCUT2D eigenvalue weighted by Crippen LogP contribution is 2.26. The molecule has 5 heteroatoms. The van der Waals surface area contributed by atoms with Crippen molar-refractivity contribution in [2.24, 2.45) is 5.73 Å². The first-order valence-corrected chi connectivity index (χ1v) is 6.76. The Balaban J connectivity index is 2.44. The number of halogens is 1. The second kappa shape index (κ2) is 5.63. The summed E-state index contributed by atoms with van der Waals surface area (Å²) in [6, 6.07) is 4.36. The number of rotatable bonds is 4. The quantitative estimate of drug-likeness (QED) is 0.943. The highest BCUT2D eigenvalue weighted by molar-refractivity contribution is 9.10. The maximum absolute atomic E-state index is 5.62. The topological polar surface area (TPSA) is 55.0 Å². The Kier molecular flexibility index (Phi) is 4.14. The second-order valence-electron chi connectivity index (χ2n) is 4.39. The van der Waals surface area contributed by atoms with E-state index in [4.69, 9.17) is 5.73 Å². The molecule has 0 fully saturated rings. The minimum Gasteiger partial charge on any atom is -0.370 e. The zero-order chi connectivity index (χ0) is 13.1. The third kappa shape index (κ3) is 2.62. The summed E-state index contributed by atoms with van der Waals surface area (Å²) in [6.07, 6.45) is 4.57. The van der Waals surface area contributed by atoms with Gasteiger partial charge in [0, 0.05) is 30.0 Å². The summed E-state index contributed by atoms with van der Waals surface area (Å²) in [5, 5.41) is 0. The third-order valence-corrected chi connectivity index (χ3v) is 3.58. The molecule has 0 bridgehead atoms. The molecule has 2 aromatic rings. The normalized spacial score (nSPS) is 12.7. The Hall–Kier alpha value is -1.20. The number of pyridine rings is 2. The van der Waals surface area contributed by atoms with Gasteiger partial charge in [0.2, 0.25) is 0 Å². The predicted octanol–water partition coefficient (Wildman–Crippen LogP) is 2.57. The van der Waals surface area contributed by atoms with Crippen LogP contribution in [-0.4, -0.2) is 29.6 Å². The lowest BCUT2D eigenvalue weighted by atomic mass is 10.2. The van der Waals surface area contributed by atoms with Gasteiger partial charge in [-0.2, -0.15) is 0 Å². The molecule has 1 unspecified atom stereocenters. The summed E-state index contributed by atoms with van der Waals surface area (Å²) in [7, 11) is 2.07. The Labute approximate surface area is 115 Å². The first-order chi connectivity index (χ1) is 8.63. The van der Waals surface area contributed by atoms with Gasteiger partial charge in [-0.1, -0.05) is 0 Å². The number of nitrogens with two attached hydrogens (primary N) is 1. The van der Waals surface area contributed by atoms with E-state index in [1.54, 1.807) is 6.20 Å². The zero-order valence-electron chi connectivity index (χ0n) is 10.6. The first kappa shape index (κ1) is 13.2. The van der Waals surface area contributed by atoms with E-state index in [1.165, 1.54) is 0 Å². The molecule has 0 radical (unpaired) electrons. The minimum atomic E-state index is 0.381. The second-order valence-corrected chi connectivity index (χ2v) is 5.30. The van der Waals surface area contributed by atoms with Crippen LogP contribution >= 0.6 is 15.9 Å². The van der Waals surface area contributed by atoms with Crippen LogP contribution in [0.5, 0.6) is 0 Å². The van der Waals surface area contributed by atoms with Gasteiger partial charge >= 0.3 is 0 Å². The molecule has 0 aliphatic heterocycles. The van der Waals surface area contributed by atoms with Gasteiger partial charge in [0.1, 0.15) is 5.52 Å². The molecule has 1 atom stereocenters. The molecule has 4 nitrogen and oxygen atoms in total. The highest BCUT2D eigenvalue weighted by atomic mass is 79.9. The standard InChI is InChI=1S/C13H17BrN4/c1-9(3-5-15)18(2)12-4-6-16-11-7-10(14)8-17-13(11)12/h4,6-9H,3,5,15H2,1-2H3. The average Bonchev–Trinajstić information content (AvgIpc) is 2.37. The van der Waals surface area contributed by atoms with Crippen LogP contribution < -0.4 is 10.6 Å². The fourth-order valence-electron chi connectivity index (χ4n) is 1.95. The number of anilines is 1. The van der Waals surface area contributed by atoms with Crippen LogP contribution in [-0.2, 0) is 0 Å². The molecule has 0 aliphatic carbocycles. The van der Waals surface area contributed by atoms with E-state index >= 15 is 0 Å². The molecule has 0 aromatic carbocycles. The van der Waals surface area contributed by atoms with Crippen molar-refractivity contribution in [3.8, 4) is 0 Å². The number of hydrogen-bond acceptors (Lipinski definition) is 4. The van der Waals surface area contributed by atoms with E-state index in [0.29, 0.717) is 12.6 Å². The van der Waals surface area contributed by atoms with E-state index in [1.807, 2.05) is 18.3 Å². The Morgan fingerprint density at radius 2 is 2.22 bits per heavy atom. The summed E-state index contributed by atoms with van der Waals surface area (Å²) in [4.78, 5) is 11.0. The Morgan fingerprint density at radius 3 is 2.94 bits per heavy atom. The number of fused-ring (bicyclic) bond motifs is 1. The summed E-state index contributed by atoms with van der Waals surface area (Å²) in [5.41, 5.74) is 8.53. The average molecular weight is 309 g/mol. The lowest BCUT2D eigenvalue weighted by Gasteiger charge is -2.27. The molecule has 2 rings (SSSR count). The van der Waals surface area contributed by atoms with Gasteiger partial charge < -0.3 is 10.6 Å². The van der Waals surface area contributed by atoms with E-state index in [-0.39, 0.29) is 0 Å². The molecule has 0 amide bonds. The molecule has 2 N–H and O–H groups in total. The number of nitrogens with zero attached hydrogens (tertiary/aromatic N) is 3. The molecular formula is C13H17BrN4. The molecule has 96 valence electrons. The van der Waals surface area contributed by atoms with Crippen molar-refractivity contribution in [2.75, 3.05) is 18.5 Å². The van der Waals surface area contributed by atoms with Gasteiger partial charge in [-0.25, -0.2) is 0 Å². The maximum atomic E-state index is 5.62. The minimum absolute atomic E-state index is 0.381. The van der Waals surface area contributed by atoms with Crippen molar-refractivity contribution in [2.45, 2.75) is 19.4 Å². The SMILES string of the molecule is CC(CCN)N(C)c1ccnc2cc(Br)cnc12. The maximum Gasteiger partial charge on any atom is 0.112 e. The Bertz CT molecular complexity index is 544. The zero-order valence-corrected chi connectivity index (χ0v) is 12.2. The molecule has 2 aromatic heterocycles. The van der Waals surface area contributed by atoms with Gasteiger partial charge in [-0.05, 0) is 48.0 Å². The van der Waals surface area contributed by atoms with Crippen LogP contribution in [0.3, 0.4) is 0 Å². The van der Waals surface area contributed by atoms with Crippen molar-refractivity contribution < 1.29 is 0 Å². The molecule has 0 aliphatic rings. The summed E-state index contributed by atoms with van der Waals surface area (Å²) >= 11 is 3.42. The number of hydrogen-bond donors (Lipinski definition) is 1. The van der Waals surface area contributed by atoms with Crippen LogP contribution in [0.4, 0.5) is 5.69 Å². The van der Waals surface area contributed by atoms with Crippen molar-refractivity contribution in [3.05, 3.63) is 29.0 Å². The van der Waals surface area contributed by atoms with Gasteiger partial charge in [-0.15, -0.1) is 0 Å². The summed E-state index contributed by atoms with van der Waals surface area (Å²) in [6.45, 7) is 2.85. The van der Waals surface area contributed by atoms with Crippen molar-refractivity contribution >= 4 is 32.7 Å². The summed E-state index contributed by atoms with van der Waals surface area (Å²) < 4.78 is 0.942. The van der Waals surface area contributed by atoms with Gasteiger partial charge in [0.05, 0.1) is 11.2 Å². The lowest BCUT2D eigenvalue weighted by molar-refractivity contribution is 0.636. The fourth-order valence-corrected chi connectivity index (χ4v) is 2.27. The van der Waals surface area contributed by atoms with Crippen molar-refractivity contribution in [1.82, 2.24) is 9.97 Å². The summed E-state index contributed by atoms with van der Waals surface area (Å²) in [5.74, 6) is 0. The molecule has 2 heterocycles. The van der Waals surface area contributed by atoms with Gasteiger partial charge in [0.15, 0.2) is 0 Å². The van der Waals surface area contributed by atoms with Gasteiger partial charge in [-0.3, -0.25) is 9.97 Å². The molecule has 0 saturated carbocycles. The van der Waals surface area contributed by atoms with Crippen LogP contribution in [0.15, 0.2) is 29.0 Å². The van der Waals surface area contributed by atoms with Crippen LogP contribution in [0.1, 0.15) is 13.3 Å². The smallest absolute Gasteiger partial charge is 0.112 e. The molecule has 18 heavy (non-hydrogen) atoms. The van der Waals surface area contributed by atoms with E-state index in [9.17, 15) is 0 Å². The van der Waals surface area contributed by atoms with Crippen LogP contribution in [0.2, 0.25) is 0 Å². The van der Waals surface area contributed by atoms with E-state index < -0.39 is 0 Å². The van der Waals surface area contributed by atoms with Crippen LogP contribution in [0, 0.1) is 0 Å². The number of aromatic nitrogens is 2. The van der Waals surface area contributed by atoms with Gasteiger partial charge in [0.25, 0.3) is 0 Å². The lowest BCUT2D eigenvalue weighted by Crippen LogP contribution is -2.31. The fraction of sp³-hybridized carbons (Fsp3) is 0.385. The monoisotopic (exact) mass is 308 g/mol. The van der Waals surface area contributed by atoms with Crippen molar-refractivity contribution in [3.63, 3.8) is 0 Å². The van der Waals surface area contributed by atoms with Crippen LogP contribution in [0.25, 0.3) is 11.0 Å². The highest BCUT2D eigenvalue weighted by Gasteiger charge is 2.13. The van der Waals surface area contributed by atoms with Crippen molar-refractivity contribution in [1.29, 1.82) is 0 Å². The first-order valence-electron chi connectivity index (χ1n) is 5.96.